The van der Waals surface area contributed by atoms with E-state index in [9.17, 15) is 0 Å². The molecule has 0 aliphatic rings. The Bertz CT molecular complexity index is 3620. The highest BCUT2D eigenvalue weighted by molar-refractivity contribution is 6.09. The summed E-state index contributed by atoms with van der Waals surface area (Å²) in [7, 11) is 0. The van der Waals surface area contributed by atoms with Crippen LogP contribution in [0.5, 0.6) is 0 Å². The zero-order chi connectivity index (χ0) is 43.8. The topological polar surface area (TPSA) is 8.17 Å². The fraction of sp³-hybridized carbons (Fsp3) is 0. The molecule has 12 aromatic rings. The Morgan fingerprint density at radius 3 is 1.21 bits per heavy atom. The van der Waals surface area contributed by atoms with Gasteiger partial charge in [0.25, 0.3) is 0 Å². The zero-order valence-corrected chi connectivity index (χ0v) is 36.3. The van der Waals surface area contributed by atoms with Crippen LogP contribution in [0.3, 0.4) is 0 Å². The second kappa shape index (κ2) is 16.8. The van der Waals surface area contributed by atoms with Gasteiger partial charge in [0.1, 0.15) is 0 Å². The van der Waals surface area contributed by atoms with Crippen LogP contribution in [0.1, 0.15) is 0 Å². The molecule has 0 fully saturated rings. The van der Waals surface area contributed by atoms with E-state index in [1.165, 1.54) is 88.2 Å². The van der Waals surface area contributed by atoms with Gasteiger partial charge in [-0.2, -0.15) is 0 Å². The number of nitrogens with zero attached hydrogens (tertiary/aromatic N) is 2. The molecule has 0 radical (unpaired) electrons. The molecular formula is C64H44N2. The van der Waals surface area contributed by atoms with Crippen molar-refractivity contribution in [3.8, 4) is 61.3 Å². The largest absolute Gasteiger partial charge is 0.311 e. The van der Waals surface area contributed by atoms with Gasteiger partial charge in [0.2, 0.25) is 0 Å². The molecule has 2 heteroatoms. The lowest BCUT2D eigenvalue weighted by molar-refractivity contribution is 1.18. The second-order valence-electron chi connectivity index (χ2n) is 16.9. The average molecular weight is 841 g/mol. The first-order valence-electron chi connectivity index (χ1n) is 22.7. The lowest BCUT2D eigenvalue weighted by Gasteiger charge is -2.26. The van der Waals surface area contributed by atoms with Crippen molar-refractivity contribution in [2.75, 3.05) is 4.90 Å². The van der Waals surface area contributed by atoms with Crippen LogP contribution in [0.2, 0.25) is 0 Å². The minimum atomic E-state index is 1.10. The highest BCUT2D eigenvalue weighted by atomic mass is 15.1. The molecule has 0 bridgehead atoms. The summed E-state index contributed by atoms with van der Waals surface area (Å²) in [5, 5.41) is 5.04. The fourth-order valence-electron chi connectivity index (χ4n) is 9.84. The van der Waals surface area contributed by atoms with Crippen LogP contribution in [0.4, 0.5) is 17.1 Å². The summed E-state index contributed by atoms with van der Waals surface area (Å²) in [6.07, 6.45) is 0. The lowest BCUT2D eigenvalue weighted by atomic mass is 9.91. The fourth-order valence-corrected chi connectivity index (χ4v) is 9.84. The van der Waals surface area contributed by atoms with Crippen LogP contribution in [0.15, 0.2) is 267 Å². The Morgan fingerprint density at radius 2 is 0.652 bits per heavy atom. The molecule has 11 aromatic carbocycles. The number of aromatic nitrogens is 1. The molecule has 66 heavy (non-hydrogen) atoms. The van der Waals surface area contributed by atoms with Crippen LogP contribution < -0.4 is 4.90 Å². The van der Waals surface area contributed by atoms with Crippen molar-refractivity contribution in [2.45, 2.75) is 0 Å². The van der Waals surface area contributed by atoms with Crippen LogP contribution >= 0.6 is 0 Å². The number of rotatable bonds is 9. The quantitative estimate of drug-likeness (QED) is 0.141. The first-order valence-corrected chi connectivity index (χ1v) is 22.7. The predicted octanol–water partition coefficient (Wildman–Crippen LogP) is 17.7. The molecule has 1 aromatic heterocycles. The first kappa shape index (κ1) is 38.9. The highest BCUT2D eigenvalue weighted by Gasteiger charge is 2.16. The molecule has 0 aliphatic heterocycles. The molecule has 310 valence electrons. The third kappa shape index (κ3) is 7.12. The number of hydrogen-bond acceptors (Lipinski definition) is 1. The molecule has 2 nitrogen and oxygen atoms in total. The number of anilines is 3. The van der Waals surface area contributed by atoms with E-state index >= 15 is 0 Å². The first-order chi connectivity index (χ1) is 32.7. The van der Waals surface area contributed by atoms with Gasteiger partial charge in [-0.3, -0.25) is 0 Å². The van der Waals surface area contributed by atoms with Crippen molar-refractivity contribution in [1.82, 2.24) is 4.57 Å². The van der Waals surface area contributed by atoms with Crippen molar-refractivity contribution >= 4 is 49.6 Å². The molecule has 0 aliphatic carbocycles. The third-order valence-corrected chi connectivity index (χ3v) is 13.0. The molecule has 0 atom stereocenters. The SMILES string of the molecule is c1ccc(-c2cccc3cccc(-c4ccc(N(c5ccccc5)c5ccc(-c6cccc(-c7cccc(-c8cccc(-n9c%10ccccc%10c%10ccccc%109)c8)c7)c6)cc5)cc4)c23)cc1. The van der Waals surface area contributed by atoms with E-state index in [4.69, 9.17) is 0 Å². The summed E-state index contributed by atoms with van der Waals surface area (Å²) in [5.74, 6) is 0. The summed E-state index contributed by atoms with van der Waals surface area (Å²) < 4.78 is 2.39. The van der Waals surface area contributed by atoms with E-state index in [0.717, 1.165) is 22.7 Å². The van der Waals surface area contributed by atoms with Crippen molar-refractivity contribution < 1.29 is 0 Å². The van der Waals surface area contributed by atoms with Gasteiger partial charge in [-0.15, -0.1) is 0 Å². The average Bonchev–Trinajstić information content (AvgIpc) is 3.74. The van der Waals surface area contributed by atoms with Crippen molar-refractivity contribution in [3.63, 3.8) is 0 Å². The minimum Gasteiger partial charge on any atom is -0.311 e. The molecule has 0 saturated carbocycles. The smallest absolute Gasteiger partial charge is 0.0541 e. The maximum atomic E-state index is 2.39. The predicted molar refractivity (Wildman–Crippen MR) is 280 cm³/mol. The molecule has 0 amide bonds. The molecule has 0 unspecified atom stereocenters. The number of fused-ring (bicyclic) bond motifs is 4. The van der Waals surface area contributed by atoms with Gasteiger partial charge in [0.05, 0.1) is 11.0 Å². The Kier molecular flexibility index (Phi) is 9.89. The summed E-state index contributed by atoms with van der Waals surface area (Å²) >= 11 is 0. The van der Waals surface area contributed by atoms with Gasteiger partial charge in [0, 0.05) is 33.5 Å². The Balaban J connectivity index is 0.843. The number of hydrogen-bond donors (Lipinski definition) is 0. The van der Waals surface area contributed by atoms with Gasteiger partial charge < -0.3 is 9.47 Å². The van der Waals surface area contributed by atoms with Crippen molar-refractivity contribution in [3.05, 3.63) is 267 Å². The van der Waals surface area contributed by atoms with Crippen LogP contribution in [0.25, 0.3) is 93.9 Å². The van der Waals surface area contributed by atoms with Crippen LogP contribution in [-0.2, 0) is 0 Å². The molecular weight excluding hydrogens is 797 g/mol. The van der Waals surface area contributed by atoms with E-state index in [2.05, 4.69) is 276 Å². The molecule has 0 saturated heterocycles. The standard InChI is InChI=1S/C64H44N2/c1-3-16-46(17-4-1)58-30-14-18-48-19-15-31-59(64(48)58)47-36-40-56(41-37-47)65(54-25-5-2-6-26-54)55-38-34-45(35-39-55)49-20-11-21-50(42-49)51-22-12-23-52(43-51)53-24-13-27-57(44-53)66-62-32-9-7-28-60(62)61-29-8-10-33-63(61)66/h1-44H. The summed E-state index contributed by atoms with van der Waals surface area (Å²) in [6, 6.07) is 96.7. The molecule has 1 heterocycles. The van der Waals surface area contributed by atoms with E-state index in [1.807, 2.05) is 0 Å². The number of para-hydroxylation sites is 3. The van der Waals surface area contributed by atoms with Gasteiger partial charge in [-0.1, -0.05) is 194 Å². The van der Waals surface area contributed by atoms with Gasteiger partial charge in [0.15, 0.2) is 0 Å². The monoisotopic (exact) mass is 840 g/mol. The molecule has 0 spiro atoms. The van der Waals surface area contributed by atoms with Crippen LogP contribution in [-0.4, -0.2) is 4.57 Å². The normalized spacial score (nSPS) is 11.3. The van der Waals surface area contributed by atoms with E-state index < -0.39 is 0 Å². The highest BCUT2D eigenvalue weighted by Crippen LogP contribution is 2.41. The molecule has 0 N–H and O–H groups in total. The van der Waals surface area contributed by atoms with E-state index in [1.54, 1.807) is 0 Å². The summed E-state index contributed by atoms with van der Waals surface area (Å²) in [4.78, 5) is 2.34. The number of benzene rings is 11. The van der Waals surface area contributed by atoms with E-state index in [0.29, 0.717) is 0 Å². The maximum absolute atomic E-state index is 2.39. The summed E-state index contributed by atoms with van der Waals surface area (Å²) in [6.45, 7) is 0. The lowest BCUT2D eigenvalue weighted by Crippen LogP contribution is -2.09. The van der Waals surface area contributed by atoms with Crippen molar-refractivity contribution in [2.24, 2.45) is 0 Å². The van der Waals surface area contributed by atoms with Gasteiger partial charge >= 0.3 is 0 Å². The Labute approximate surface area is 385 Å². The second-order valence-corrected chi connectivity index (χ2v) is 16.9. The van der Waals surface area contributed by atoms with Gasteiger partial charge in [-0.25, -0.2) is 0 Å². The van der Waals surface area contributed by atoms with Gasteiger partial charge in [-0.05, 0) is 139 Å². The molecule has 12 rings (SSSR count). The summed E-state index contributed by atoms with van der Waals surface area (Å²) in [5.41, 5.74) is 18.9. The Morgan fingerprint density at radius 1 is 0.258 bits per heavy atom. The third-order valence-electron chi connectivity index (χ3n) is 13.0. The van der Waals surface area contributed by atoms with Crippen molar-refractivity contribution in [1.29, 1.82) is 0 Å². The van der Waals surface area contributed by atoms with Crippen LogP contribution in [0, 0.1) is 0 Å². The zero-order valence-electron chi connectivity index (χ0n) is 36.3. The van der Waals surface area contributed by atoms with E-state index in [-0.39, 0.29) is 0 Å². The Hall–Kier alpha value is -8.72. The maximum Gasteiger partial charge on any atom is 0.0541 e. The minimum absolute atomic E-state index is 1.10.